The lowest BCUT2D eigenvalue weighted by Gasteiger charge is -2.23. The zero-order valence-corrected chi connectivity index (χ0v) is 6.25. The van der Waals surface area contributed by atoms with Crippen molar-refractivity contribution < 1.29 is 10.1 Å². The first-order chi connectivity index (χ1) is 5.61. The molecule has 0 aromatic rings. The van der Waals surface area contributed by atoms with E-state index in [0.717, 1.165) is 10.0 Å². The molecule has 0 aromatic carbocycles. The molecule has 0 radical (unpaired) electrons. The lowest BCUT2D eigenvalue weighted by atomic mass is 10.4. The molecule has 0 unspecified atom stereocenters. The Labute approximate surface area is 67.6 Å². The first kappa shape index (κ1) is 8.50. The van der Waals surface area contributed by atoms with Crippen LogP contribution >= 0.6 is 0 Å². The number of nitrogens with zero attached hydrogens (tertiary/aromatic N) is 4. The van der Waals surface area contributed by atoms with E-state index in [1.807, 2.05) is 0 Å². The number of nitro groups is 2. The van der Waals surface area contributed by atoms with Crippen LogP contribution in [0.4, 0.5) is 0 Å². The highest BCUT2D eigenvalue weighted by Gasteiger charge is 2.27. The summed E-state index contributed by atoms with van der Waals surface area (Å²) in [5, 5.41) is 21.2. The highest BCUT2D eigenvalue weighted by molar-refractivity contribution is 4.59. The van der Waals surface area contributed by atoms with Gasteiger partial charge in [-0.3, -0.25) is 0 Å². The van der Waals surface area contributed by atoms with E-state index in [2.05, 4.69) is 0 Å². The first-order valence-corrected chi connectivity index (χ1v) is 3.40. The highest BCUT2D eigenvalue weighted by Crippen LogP contribution is 2.00. The van der Waals surface area contributed by atoms with Gasteiger partial charge in [0.15, 0.2) is 10.1 Å². The average Bonchev–Trinajstić information content (AvgIpc) is 2.04. The highest BCUT2D eigenvalue weighted by atomic mass is 16.7. The van der Waals surface area contributed by atoms with Gasteiger partial charge in [-0.15, -0.1) is 10.0 Å². The van der Waals surface area contributed by atoms with Crippen LogP contribution in [0.2, 0.25) is 0 Å². The maximum atomic E-state index is 10.2. The molecule has 1 saturated heterocycles. The second-order valence-electron chi connectivity index (χ2n) is 2.38. The van der Waals surface area contributed by atoms with Crippen LogP contribution in [0.5, 0.6) is 0 Å². The van der Waals surface area contributed by atoms with Crippen LogP contribution in [0.15, 0.2) is 0 Å². The Hall–Kier alpha value is -1.60. The van der Waals surface area contributed by atoms with Gasteiger partial charge < -0.3 is 0 Å². The molecule has 0 bridgehead atoms. The van der Waals surface area contributed by atoms with Gasteiger partial charge in [-0.05, 0) is 0 Å². The minimum absolute atomic E-state index is 0.105. The molecule has 1 heterocycles. The normalized spacial score (nSPS) is 17.7. The number of hydrazine groups is 2. The molecule has 1 aliphatic rings. The van der Waals surface area contributed by atoms with Crippen LogP contribution in [0.1, 0.15) is 0 Å². The molecule has 1 aliphatic heterocycles. The molecular weight excluding hydrogens is 168 g/mol. The molecule has 1 rings (SSSR count). The van der Waals surface area contributed by atoms with Gasteiger partial charge in [0.25, 0.3) is 0 Å². The van der Waals surface area contributed by atoms with Crippen molar-refractivity contribution in [3.63, 3.8) is 0 Å². The minimum atomic E-state index is -0.530. The third kappa shape index (κ3) is 1.71. The van der Waals surface area contributed by atoms with Gasteiger partial charge >= 0.3 is 0 Å². The summed E-state index contributed by atoms with van der Waals surface area (Å²) < 4.78 is 0. The predicted molar refractivity (Wildman–Crippen MR) is 37.1 cm³/mol. The summed E-state index contributed by atoms with van der Waals surface area (Å²) in [5.41, 5.74) is 0. The number of piperazine rings is 1. The molecule has 0 saturated carbocycles. The van der Waals surface area contributed by atoms with Crippen molar-refractivity contribution in [3.8, 4) is 0 Å². The lowest BCUT2D eigenvalue weighted by molar-refractivity contribution is -0.692. The fraction of sp³-hybridized carbons (Fsp3) is 1.00. The third-order valence-electron chi connectivity index (χ3n) is 1.69. The van der Waals surface area contributed by atoms with Crippen LogP contribution in [0, 0.1) is 20.2 Å². The van der Waals surface area contributed by atoms with Crippen LogP contribution in [-0.4, -0.2) is 46.3 Å². The molecule has 0 N–H and O–H groups in total. The Kier molecular flexibility index (Phi) is 2.26. The summed E-state index contributed by atoms with van der Waals surface area (Å²) in [6, 6.07) is 0. The molecule has 1 fully saturated rings. The molecule has 0 spiro atoms. The van der Waals surface area contributed by atoms with Gasteiger partial charge in [-0.25, -0.2) is 20.2 Å². The Morgan fingerprint density at radius 2 is 1.08 bits per heavy atom. The van der Waals surface area contributed by atoms with Crippen molar-refractivity contribution in [1.82, 2.24) is 10.0 Å². The molecule has 68 valence electrons. The molecule has 0 aromatic heterocycles. The maximum absolute atomic E-state index is 10.2. The summed E-state index contributed by atoms with van der Waals surface area (Å²) in [5.74, 6) is 0. The van der Waals surface area contributed by atoms with Gasteiger partial charge in [0.05, 0.1) is 0 Å². The summed E-state index contributed by atoms with van der Waals surface area (Å²) >= 11 is 0. The van der Waals surface area contributed by atoms with Gasteiger partial charge in [0.1, 0.15) is 26.2 Å². The van der Waals surface area contributed by atoms with E-state index < -0.39 is 10.1 Å². The second-order valence-corrected chi connectivity index (χ2v) is 2.38. The molecule has 0 amide bonds. The Bertz CT molecular complexity index is 177. The number of hydrogen-bond donors (Lipinski definition) is 0. The zero-order valence-electron chi connectivity index (χ0n) is 6.25. The number of hydrogen-bond acceptors (Lipinski definition) is 4. The van der Waals surface area contributed by atoms with Crippen LogP contribution < -0.4 is 0 Å². The summed E-state index contributed by atoms with van der Waals surface area (Å²) in [6.45, 7) is 0.421. The van der Waals surface area contributed by atoms with Gasteiger partial charge in [-0.1, -0.05) is 0 Å². The summed E-state index contributed by atoms with van der Waals surface area (Å²) in [6.07, 6.45) is 0. The van der Waals surface area contributed by atoms with E-state index in [9.17, 15) is 20.2 Å². The van der Waals surface area contributed by atoms with E-state index in [1.54, 1.807) is 0 Å². The van der Waals surface area contributed by atoms with Gasteiger partial charge in [0, 0.05) is 0 Å². The standard InChI is InChI=1S/C4H8N4O4/c9-7(10)5-1-2-6(4-3-5)8(11)12/h1-4H2. The molecule has 8 nitrogen and oxygen atoms in total. The lowest BCUT2D eigenvalue weighted by Crippen LogP contribution is -2.50. The first-order valence-electron chi connectivity index (χ1n) is 3.40. The Morgan fingerprint density at radius 3 is 1.25 bits per heavy atom. The molecule has 12 heavy (non-hydrogen) atoms. The molecule has 8 heteroatoms. The zero-order chi connectivity index (χ0) is 9.14. The van der Waals surface area contributed by atoms with Crippen LogP contribution in [0.3, 0.4) is 0 Å². The van der Waals surface area contributed by atoms with Crippen molar-refractivity contribution >= 4 is 0 Å². The third-order valence-corrected chi connectivity index (χ3v) is 1.69. The van der Waals surface area contributed by atoms with Crippen molar-refractivity contribution in [2.24, 2.45) is 0 Å². The summed E-state index contributed by atoms with van der Waals surface area (Å²) in [7, 11) is 0. The monoisotopic (exact) mass is 176 g/mol. The largest absolute Gasteiger partial charge is 0.235 e. The van der Waals surface area contributed by atoms with Crippen molar-refractivity contribution in [1.29, 1.82) is 0 Å². The Morgan fingerprint density at radius 1 is 0.833 bits per heavy atom. The average molecular weight is 176 g/mol. The molecule has 0 aliphatic carbocycles. The SMILES string of the molecule is O=[N+]([O-])N1CCN([N+](=O)[O-])CC1. The van der Waals surface area contributed by atoms with Gasteiger partial charge in [-0.2, -0.15) is 0 Å². The van der Waals surface area contributed by atoms with E-state index in [4.69, 9.17) is 0 Å². The van der Waals surface area contributed by atoms with Crippen LogP contribution in [0.25, 0.3) is 0 Å². The quantitative estimate of drug-likeness (QED) is 0.395. The fourth-order valence-corrected chi connectivity index (χ4v) is 1.01. The van der Waals surface area contributed by atoms with E-state index >= 15 is 0 Å². The maximum Gasteiger partial charge on any atom is 0.160 e. The van der Waals surface area contributed by atoms with Crippen LogP contribution in [-0.2, 0) is 0 Å². The van der Waals surface area contributed by atoms with Crippen molar-refractivity contribution in [2.75, 3.05) is 26.2 Å². The topological polar surface area (TPSA) is 92.8 Å². The van der Waals surface area contributed by atoms with E-state index in [-0.39, 0.29) is 26.2 Å². The number of rotatable bonds is 2. The van der Waals surface area contributed by atoms with Crippen molar-refractivity contribution in [2.45, 2.75) is 0 Å². The second kappa shape index (κ2) is 3.20. The fourth-order valence-electron chi connectivity index (χ4n) is 1.01. The molecular formula is C4H8N4O4. The smallest absolute Gasteiger partial charge is 0.160 e. The van der Waals surface area contributed by atoms with Crippen molar-refractivity contribution in [3.05, 3.63) is 20.2 Å². The predicted octanol–water partition coefficient (Wildman–Crippen LogP) is -1.01. The van der Waals surface area contributed by atoms with E-state index in [0.29, 0.717) is 0 Å². The summed E-state index contributed by atoms with van der Waals surface area (Å²) in [4.78, 5) is 20.3. The Balaban J connectivity index is 2.39. The minimum Gasteiger partial charge on any atom is -0.235 e. The van der Waals surface area contributed by atoms with E-state index in [1.165, 1.54) is 0 Å². The van der Waals surface area contributed by atoms with Gasteiger partial charge in [0.2, 0.25) is 0 Å². The molecule has 0 atom stereocenters.